The number of fused-ring (bicyclic) bond motifs is 1. The first-order valence-corrected chi connectivity index (χ1v) is 9.76. The topological polar surface area (TPSA) is 54.5 Å². The summed E-state index contributed by atoms with van der Waals surface area (Å²) < 4.78 is 5.24. The molecule has 3 rings (SSSR count). The smallest absolute Gasteiger partial charge is 0.341 e. The van der Waals surface area contributed by atoms with Crippen molar-refractivity contribution in [1.29, 1.82) is 0 Å². The number of hydrogen-bond donors (Lipinski definition) is 1. The van der Waals surface area contributed by atoms with Crippen molar-refractivity contribution in [2.75, 3.05) is 29.9 Å². The average Bonchev–Trinajstić information content (AvgIpc) is 2.71. The van der Waals surface area contributed by atoms with Crippen LogP contribution in [-0.4, -0.2) is 30.6 Å². The van der Waals surface area contributed by atoms with Gasteiger partial charge in [-0.05, 0) is 57.5 Å². The zero-order valence-corrected chi connectivity index (χ0v) is 17.0. The molecule has 2 aromatic carbocycles. The van der Waals surface area contributed by atoms with E-state index in [1.807, 2.05) is 37.3 Å². The number of hydrogen-bond acceptors (Lipinski definition) is 5. The highest BCUT2D eigenvalue weighted by molar-refractivity contribution is 6.06. The first kappa shape index (κ1) is 19.7. The summed E-state index contributed by atoms with van der Waals surface area (Å²) >= 11 is 0. The molecule has 0 saturated carbocycles. The van der Waals surface area contributed by atoms with Crippen molar-refractivity contribution in [1.82, 2.24) is 4.98 Å². The lowest BCUT2D eigenvalue weighted by molar-refractivity contribution is 0.0527. The first-order valence-electron chi connectivity index (χ1n) is 9.76. The number of carbonyl (C=O) groups is 1. The molecule has 0 aliphatic rings. The van der Waals surface area contributed by atoms with E-state index in [1.54, 1.807) is 13.1 Å². The van der Waals surface area contributed by atoms with E-state index < -0.39 is 0 Å². The van der Waals surface area contributed by atoms with Gasteiger partial charge in [0.05, 0.1) is 17.8 Å². The number of nitrogens with zero attached hydrogens (tertiary/aromatic N) is 2. The molecule has 0 aliphatic carbocycles. The van der Waals surface area contributed by atoms with Crippen LogP contribution in [0.25, 0.3) is 10.9 Å². The van der Waals surface area contributed by atoms with Crippen molar-refractivity contribution in [3.8, 4) is 0 Å². The second-order valence-corrected chi connectivity index (χ2v) is 6.58. The second-order valence-electron chi connectivity index (χ2n) is 6.58. The van der Waals surface area contributed by atoms with Gasteiger partial charge in [-0.1, -0.05) is 18.2 Å². The van der Waals surface area contributed by atoms with Gasteiger partial charge in [0, 0.05) is 36.0 Å². The summed E-state index contributed by atoms with van der Waals surface area (Å²) in [6.07, 6.45) is 1.60. The zero-order valence-electron chi connectivity index (χ0n) is 17.0. The number of para-hydroxylation sites is 1. The zero-order chi connectivity index (χ0) is 20.1. The molecule has 1 aromatic heterocycles. The van der Waals surface area contributed by atoms with Crippen molar-refractivity contribution in [2.24, 2.45) is 0 Å². The molecule has 0 unspecified atom stereocenters. The van der Waals surface area contributed by atoms with E-state index in [9.17, 15) is 4.79 Å². The van der Waals surface area contributed by atoms with Crippen molar-refractivity contribution in [2.45, 2.75) is 27.7 Å². The maximum Gasteiger partial charge on any atom is 0.341 e. The predicted molar refractivity (Wildman–Crippen MR) is 116 cm³/mol. The SMILES string of the molecule is CCOC(=O)c1cnc2c(C)cccc2c1Nc1ccc(N(CC)CC)cc1. The molecule has 0 spiro atoms. The van der Waals surface area contributed by atoms with Crippen molar-refractivity contribution in [3.05, 3.63) is 59.8 Å². The molecular formula is C23H27N3O2. The van der Waals surface area contributed by atoms with Crippen LogP contribution in [0.2, 0.25) is 0 Å². The molecule has 0 bridgehead atoms. The molecule has 1 N–H and O–H groups in total. The molecular weight excluding hydrogens is 350 g/mol. The Hall–Kier alpha value is -3.08. The fourth-order valence-electron chi connectivity index (χ4n) is 3.36. The Morgan fingerprint density at radius 2 is 1.79 bits per heavy atom. The maximum atomic E-state index is 12.5. The van der Waals surface area contributed by atoms with Crippen molar-refractivity contribution >= 4 is 33.9 Å². The Labute approximate surface area is 166 Å². The highest BCUT2D eigenvalue weighted by Crippen LogP contribution is 2.31. The van der Waals surface area contributed by atoms with Crippen LogP contribution >= 0.6 is 0 Å². The van der Waals surface area contributed by atoms with Gasteiger partial charge in [-0.25, -0.2) is 4.79 Å². The summed E-state index contributed by atoms with van der Waals surface area (Å²) in [6.45, 7) is 10.4. The molecule has 0 fully saturated rings. The van der Waals surface area contributed by atoms with E-state index >= 15 is 0 Å². The van der Waals surface area contributed by atoms with Crippen LogP contribution < -0.4 is 10.2 Å². The van der Waals surface area contributed by atoms with Gasteiger partial charge in [0.15, 0.2) is 0 Å². The van der Waals surface area contributed by atoms with E-state index in [-0.39, 0.29) is 5.97 Å². The average molecular weight is 377 g/mol. The number of anilines is 3. The van der Waals surface area contributed by atoms with E-state index in [0.29, 0.717) is 12.2 Å². The largest absolute Gasteiger partial charge is 0.462 e. The summed E-state index contributed by atoms with van der Waals surface area (Å²) in [5.74, 6) is -0.374. The third kappa shape index (κ3) is 3.93. The summed E-state index contributed by atoms with van der Waals surface area (Å²) in [6, 6.07) is 14.2. The number of benzene rings is 2. The van der Waals surface area contributed by atoms with Crippen LogP contribution in [-0.2, 0) is 4.74 Å². The lowest BCUT2D eigenvalue weighted by Gasteiger charge is -2.21. The lowest BCUT2D eigenvalue weighted by Crippen LogP contribution is -2.21. The van der Waals surface area contributed by atoms with Crippen molar-refractivity contribution < 1.29 is 9.53 Å². The molecule has 0 atom stereocenters. The van der Waals surface area contributed by atoms with Gasteiger partial charge in [-0.3, -0.25) is 4.98 Å². The van der Waals surface area contributed by atoms with E-state index in [2.05, 4.69) is 41.2 Å². The van der Waals surface area contributed by atoms with E-state index in [1.165, 1.54) is 5.69 Å². The molecule has 1 heterocycles. The third-order valence-electron chi connectivity index (χ3n) is 4.86. The maximum absolute atomic E-state index is 12.5. The summed E-state index contributed by atoms with van der Waals surface area (Å²) in [4.78, 5) is 19.3. The molecule has 5 heteroatoms. The van der Waals surface area contributed by atoms with Crippen LogP contribution in [0.5, 0.6) is 0 Å². The highest BCUT2D eigenvalue weighted by atomic mass is 16.5. The Kier molecular flexibility index (Phi) is 6.14. The number of ether oxygens (including phenoxy) is 1. The molecule has 0 radical (unpaired) electrons. The minimum Gasteiger partial charge on any atom is -0.462 e. The molecule has 5 nitrogen and oxygen atoms in total. The van der Waals surface area contributed by atoms with Gasteiger partial charge in [0.25, 0.3) is 0 Å². The van der Waals surface area contributed by atoms with Gasteiger partial charge in [0.1, 0.15) is 5.56 Å². The fraction of sp³-hybridized carbons (Fsp3) is 0.304. The Morgan fingerprint density at radius 1 is 1.07 bits per heavy atom. The Bertz CT molecular complexity index is 963. The number of aryl methyl sites for hydroxylation is 1. The van der Waals surface area contributed by atoms with Crippen LogP contribution in [0.3, 0.4) is 0 Å². The molecule has 0 saturated heterocycles. The minimum atomic E-state index is -0.374. The Morgan fingerprint density at radius 3 is 2.43 bits per heavy atom. The van der Waals surface area contributed by atoms with E-state index in [4.69, 9.17) is 4.74 Å². The number of carbonyl (C=O) groups excluding carboxylic acids is 1. The van der Waals surface area contributed by atoms with Crippen LogP contribution in [0.4, 0.5) is 17.1 Å². The number of pyridine rings is 1. The van der Waals surface area contributed by atoms with Gasteiger partial charge in [-0.15, -0.1) is 0 Å². The second kappa shape index (κ2) is 8.74. The van der Waals surface area contributed by atoms with Crippen LogP contribution in [0.15, 0.2) is 48.7 Å². The molecule has 0 aliphatic heterocycles. The van der Waals surface area contributed by atoms with E-state index in [0.717, 1.165) is 40.9 Å². The fourth-order valence-corrected chi connectivity index (χ4v) is 3.36. The number of esters is 1. The Balaban J connectivity index is 2.04. The standard InChI is InChI=1S/C23H27N3O2/c1-5-26(6-2)18-13-11-17(12-14-18)25-22-19-10-8-9-16(4)21(19)24-15-20(22)23(27)28-7-3/h8-15H,5-7H2,1-4H3,(H,24,25). The first-order chi connectivity index (χ1) is 13.6. The van der Waals surface area contributed by atoms with Gasteiger partial charge >= 0.3 is 5.97 Å². The van der Waals surface area contributed by atoms with Gasteiger partial charge in [-0.2, -0.15) is 0 Å². The van der Waals surface area contributed by atoms with Crippen molar-refractivity contribution in [3.63, 3.8) is 0 Å². The minimum absolute atomic E-state index is 0.322. The molecule has 28 heavy (non-hydrogen) atoms. The quantitative estimate of drug-likeness (QED) is 0.566. The number of rotatable bonds is 7. The number of nitrogens with one attached hydrogen (secondary N) is 1. The summed E-state index contributed by atoms with van der Waals surface area (Å²) in [5.41, 5.74) is 5.19. The molecule has 146 valence electrons. The lowest BCUT2D eigenvalue weighted by atomic mass is 10.1. The molecule has 0 amide bonds. The third-order valence-corrected chi connectivity index (χ3v) is 4.86. The van der Waals surface area contributed by atoms with Gasteiger partial charge in [0.2, 0.25) is 0 Å². The summed E-state index contributed by atoms with van der Waals surface area (Å²) in [5, 5.41) is 4.33. The summed E-state index contributed by atoms with van der Waals surface area (Å²) in [7, 11) is 0. The van der Waals surface area contributed by atoms with Crippen LogP contribution in [0.1, 0.15) is 36.7 Å². The van der Waals surface area contributed by atoms with Crippen LogP contribution in [0, 0.1) is 6.92 Å². The molecule has 3 aromatic rings. The van der Waals surface area contributed by atoms with Gasteiger partial charge < -0.3 is 15.0 Å². The number of aromatic nitrogens is 1. The predicted octanol–water partition coefficient (Wildman–Crippen LogP) is 5.31. The normalized spacial score (nSPS) is 10.7. The monoisotopic (exact) mass is 377 g/mol. The highest BCUT2D eigenvalue weighted by Gasteiger charge is 2.17.